The Balaban J connectivity index is 1.69. The van der Waals surface area contributed by atoms with Crippen molar-refractivity contribution in [3.63, 3.8) is 0 Å². The van der Waals surface area contributed by atoms with Crippen LogP contribution in [0.5, 0.6) is 5.75 Å². The average Bonchev–Trinajstić information content (AvgIpc) is 3.22. The van der Waals surface area contributed by atoms with Crippen LogP contribution in [0.2, 0.25) is 10.0 Å². The molecule has 0 aliphatic heterocycles. The number of aryl methyl sites for hydroxylation is 2. The minimum Gasteiger partial charge on any atom is -0.484 e. The van der Waals surface area contributed by atoms with Crippen molar-refractivity contribution in [1.29, 1.82) is 0 Å². The summed E-state index contributed by atoms with van der Waals surface area (Å²) in [6, 6.07) is 11.1. The summed E-state index contributed by atoms with van der Waals surface area (Å²) in [6.45, 7) is 4.77. The normalized spacial score (nSPS) is 10.9. The van der Waals surface area contributed by atoms with E-state index in [0.29, 0.717) is 21.4 Å². The molecule has 0 amide bonds. The number of benzene rings is 1. The molecule has 0 bridgehead atoms. The summed E-state index contributed by atoms with van der Waals surface area (Å²) in [5.41, 5.74) is 2.72. The summed E-state index contributed by atoms with van der Waals surface area (Å²) in [7, 11) is 0. The van der Waals surface area contributed by atoms with E-state index in [1.807, 2.05) is 19.9 Å². The highest BCUT2D eigenvalue weighted by atomic mass is 35.5. The maximum atomic E-state index is 12.6. The highest BCUT2D eigenvalue weighted by Gasteiger charge is 2.17. The minimum absolute atomic E-state index is 0.0727. The van der Waals surface area contributed by atoms with E-state index < -0.39 is 0 Å². The Morgan fingerprint density at radius 3 is 2.73 bits per heavy atom. The third-order valence-corrected chi connectivity index (χ3v) is 5.77. The fourth-order valence-corrected chi connectivity index (χ4v) is 3.95. The van der Waals surface area contributed by atoms with Crippen LogP contribution in [-0.2, 0) is 13.0 Å². The number of aromatic nitrogens is 1. The van der Waals surface area contributed by atoms with Gasteiger partial charge in [-0.2, -0.15) is 0 Å². The van der Waals surface area contributed by atoms with Crippen LogP contribution < -0.4 is 4.74 Å². The zero-order valence-electron chi connectivity index (χ0n) is 14.6. The Labute approximate surface area is 167 Å². The smallest absolute Gasteiger partial charge is 0.202 e. The van der Waals surface area contributed by atoms with Gasteiger partial charge in [-0.1, -0.05) is 29.3 Å². The highest BCUT2D eigenvalue weighted by molar-refractivity contribution is 7.09. The molecule has 0 aliphatic rings. The van der Waals surface area contributed by atoms with Gasteiger partial charge in [-0.25, -0.2) is 0 Å². The van der Waals surface area contributed by atoms with Gasteiger partial charge in [-0.05, 0) is 49.9 Å². The lowest BCUT2D eigenvalue weighted by Gasteiger charge is -2.10. The quantitative estimate of drug-likeness (QED) is 0.451. The molecule has 0 saturated carbocycles. The second-order valence-corrected chi connectivity index (χ2v) is 7.93. The number of nitrogens with zero attached hydrogens (tertiary/aromatic N) is 1. The summed E-state index contributed by atoms with van der Waals surface area (Å²) in [6.07, 6.45) is 0.955. The number of ketones is 1. The summed E-state index contributed by atoms with van der Waals surface area (Å²) in [5, 5.41) is 3.03. The van der Waals surface area contributed by atoms with E-state index in [1.165, 1.54) is 4.88 Å². The topological polar surface area (TPSA) is 31.2 Å². The van der Waals surface area contributed by atoms with E-state index in [0.717, 1.165) is 24.4 Å². The Kier molecular flexibility index (Phi) is 6.07. The molecule has 0 aliphatic carbocycles. The number of carbonyl (C=O) groups excluding carboxylic acids is 1. The molecule has 0 radical (unpaired) electrons. The van der Waals surface area contributed by atoms with Gasteiger partial charge in [-0.15, -0.1) is 11.3 Å². The Morgan fingerprint density at radius 2 is 2.00 bits per heavy atom. The number of hydrogen-bond acceptors (Lipinski definition) is 3. The van der Waals surface area contributed by atoms with Crippen LogP contribution in [0.1, 0.15) is 26.6 Å². The molecule has 136 valence electrons. The van der Waals surface area contributed by atoms with Gasteiger partial charge in [0.05, 0.1) is 5.02 Å². The maximum Gasteiger partial charge on any atom is 0.202 e. The highest BCUT2D eigenvalue weighted by Crippen LogP contribution is 2.28. The molecule has 0 atom stereocenters. The first kappa shape index (κ1) is 19.0. The van der Waals surface area contributed by atoms with Crippen LogP contribution in [0.25, 0.3) is 0 Å². The molecule has 3 nitrogen and oxygen atoms in total. The van der Waals surface area contributed by atoms with E-state index in [2.05, 4.69) is 22.1 Å². The molecule has 2 heterocycles. The number of carbonyl (C=O) groups is 1. The van der Waals surface area contributed by atoms with Crippen molar-refractivity contribution < 1.29 is 9.53 Å². The molecule has 0 saturated heterocycles. The monoisotopic (exact) mass is 407 g/mol. The largest absolute Gasteiger partial charge is 0.484 e. The van der Waals surface area contributed by atoms with Gasteiger partial charge >= 0.3 is 0 Å². The average molecular weight is 408 g/mol. The van der Waals surface area contributed by atoms with Crippen molar-refractivity contribution in [2.24, 2.45) is 0 Å². The lowest BCUT2D eigenvalue weighted by atomic mass is 10.1. The molecule has 26 heavy (non-hydrogen) atoms. The van der Waals surface area contributed by atoms with Crippen LogP contribution in [0, 0.1) is 13.8 Å². The number of thiophene rings is 1. The summed E-state index contributed by atoms with van der Waals surface area (Å²) >= 11 is 13.8. The molecule has 2 aromatic heterocycles. The van der Waals surface area contributed by atoms with Gasteiger partial charge in [0.1, 0.15) is 5.75 Å². The number of halogens is 2. The molecule has 3 rings (SSSR count). The van der Waals surface area contributed by atoms with E-state index in [4.69, 9.17) is 27.9 Å². The first-order chi connectivity index (χ1) is 12.5. The van der Waals surface area contributed by atoms with Crippen molar-refractivity contribution >= 4 is 40.3 Å². The summed E-state index contributed by atoms with van der Waals surface area (Å²) < 4.78 is 7.76. The van der Waals surface area contributed by atoms with E-state index in [9.17, 15) is 4.79 Å². The SMILES string of the molecule is Cc1cc(C(=O)COc2cc(Cl)ccc2Cl)c(C)n1CCc1cccs1. The fraction of sp³-hybridized carbons (Fsp3) is 0.250. The van der Waals surface area contributed by atoms with Crippen LogP contribution in [-0.4, -0.2) is 17.0 Å². The van der Waals surface area contributed by atoms with Gasteiger partial charge < -0.3 is 9.30 Å². The number of rotatable bonds is 7. The minimum atomic E-state index is -0.0741. The lowest BCUT2D eigenvalue weighted by molar-refractivity contribution is 0.0921. The number of hydrogen-bond donors (Lipinski definition) is 0. The number of Topliss-reactive ketones (excluding diaryl/α,β-unsaturated/α-hetero) is 1. The van der Waals surface area contributed by atoms with Crippen molar-refractivity contribution in [3.05, 3.63) is 73.7 Å². The standard InChI is InChI=1S/C20H19Cl2NO2S/c1-13-10-17(14(2)23(13)8-7-16-4-3-9-26-16)19(24)12-25-20-11-15(21)5-6-18(20)22/h3-6,9-11H,7-8,12H2,1-2H3. The van der Waals surface area contributed by atoms with Gasteiger partial charge in [0, 0.05) is 39.5 Å². The predicted octanol–water partition coefficient (Wildman–Crippen LogP) is 5.98. The zero-order chi connectivity index (χ0) is 18.7. The van der Waals surface area contributed by atoms with Crippen LogP contribution in [0.15, 0.2) is 41.8 Å². The second-order valence-electron chi connectivity index (χ2n) is 6.05. The van der Waals surface area contributed by atoms with E-state index in [1.54, 1.807) is 29.5 Å². The Morgan fingerprint density at radius 1 is 1.19 bits per heavy atom. The van der Waals surface area contributed by atoms with E-state index >= 15 is 0 Å². The van der Waals surface area contributed by atoms with Crippen molar-refractivity contribution in [2.75, 3.05) is 6.61 Å². The Bertz CT molecular complexity index is 916. The second kappa shape index (κ2) is 8.30. The van der Waals surface area contributed by atoms with Gasteiger partial charge in [0.15, 0.2) is 6.61 Å². The molecular weight excluding hydrogens is 389 g/mol. The van der Waals surface area contributed by atoms with Crippen molar-refractivity contribution in [2.45, 2.75) is 26.8 Å². The molecule has 1 aromatic carbocycles. The van der Waals surface area contributed by atoms with Gasteiger partial charge in [0.25, 0.3) is 0 Å². The molecule has 0 unspecified atom stereocenters. The third kappa shape index (κ3) is 4.32. The molecule has 6 heteroatoms. The Hall–Kier alpha value is -1.75. The molecular formula is C20H19Cl2NO2S. The first-order valence-corrected chi connectivity index (χ1v) is 9.89. The summed E-state index contributed by atoms with van der Waals surface area (Å²) in [4.78, 5) is 14.0. The fourth-order valence-electron chi connectivity index (χ4n) is 2.91. The van der Waals surface area contributed by atoms with Gasteiger partial charge in [0.2, 0.25) is 5.78 Å². The molecule has 0 N–H and O–H groups in total. The lowest BCUT2D eigenvalue weighted by Crippen LogP contribution is -2.13. The van der Waals surface area contributed by atoms with Crippen molar-refractivity contribution in [3.8, 4) is 5.75 Å². The third-order valence-electron chi connectivity index (χ3n) is 4.29. The predicted molar refractivity (Wildman–Crippen MR) is 108 cm³/mol. The van der Waals surface area contributed by atoms with Crippen molar-refractivity contribution in [1.82, 2.24) is 4.57 Å². The molecule has 3 aromatic rings. The van der Waals surface area contributed by atoms with Crippen LogP contribution in [0.3, 0.4) is 0 Å². The van der Waals surface area contributed by atoms with Crippen LogP contribution in [0.4, 0.5) is 0 Å². The molecule has 0 fully saturated rings. The first-order valence-electron chi connectivity index (χ1n) is 8.26. The van der Waals surface area contributed by atoms with E-state index in [-0.39, 0.29) is 12.4 Å². The summed E-state index contributed by atoms with van der Waals surface area (Å²) in [5.74, 6) is 0.343. The number of ether oxygens (including phenoxy) is 1. The van der Waals surface area contributed by atoms with Crippen LogP contribution >= 0.6 is 34.5 Å². The maximum absolute atomic E-state index is 12.6. The molecule has 0 spiro atoms. The zero-order valence-corrected chi connectivity index (χ0v) is 16.9. The van der Waals surface area contributed by atoms with Gasteiger partial charge in [-0.3, -0.25) is 4.79 Å².